The SMILES string of the molecule is Nc1nc2c(nc(SCC(=O)O)n2[C@@H]2O[C@H](CO)[C@H](O)[C@@H]2O)c(=O)[nH]1. The first-order valence-corrected chi connectivity index (χ1v) is 8.06. The molecule has 0 unspecified atom stereocenters. The van der Waals surface area contributed by atoms with Crippen LogP contribution in [0.25, 0.3) is 11.2 Å². The number of aliphatic hydroxyl groups excluding tert-OH is 3. The summed E-state index contributed by atoms with van der Waals surface area (Å²) in [6.45, 7) is -0.547. The number of imidazole rings is 1. The number of carboxylic acid groups (broad SMARTS) is 1. The summed E-state index contributed by atoms with van der Waals surface area (Å²) in [7, 11) is 0. The first-order valence-electron chi connectivity index (χ1n) is 7.08. The largest absolute Gasteiger partial charge is 0.481 e. The van der Waals surface area contributed by atoms with Gasteiger partial charge in [0, 0.05) is 0 Å². The van der Waals surface area contributed by atoms with E-state index in [-0.39, 0.29) is 28.0 Å². The number of rotatable bonds is 5. The number of aromatic nitrogens is 4. The number of hydrogen-bond acceptors (Lipinski definition) is 10. The fraction of sp³-hybridized carbons (Fsp3) is 0.500. The normalized spacial score (nSPS) is 26.4. The number of hydrogen-bond donors (Lipinski definition) is 6. The van der Waals surface area contributed by atoms with Crippen LogP contribution in [0.15, 0.2) is 9.95 Å². The second kappa shape index (κ2) is 6.61. The Balaban J connectivity index is 2.15. The number of carbonyl (C=O) groups is 1. The molecule has 3 rings (SSSR count). The van der Waals surface area contributed by atoms with Crippen LogP contribution in [0.4, 0.5) is 5.95 Å². The average molecular weight is 373 g/mol. The van der Waals surface area contributed by atoms with Crippen LogP contribution in [0.2, 0.25) is 0 Å². The summed E-state index contributed by atoms with van der Waals surface area (Å²) < 4.78 is 6.63. The Bertz CT molecular complexity index is 867. The van der Waals surface area contributed by atoms with E-state index in [0.29, 0.717) is 0 Å². The van der Waals surface area contributed by atoms with E-state index >= 15 is 0 Å². The second-order valence-corrected chi connectivity index (χ2v) is 6.24. The van der Waals surface area contributed by atoms with Crippen molar-refractivity contribution in [3.05, 3.63) is 10.4 Å². The molecule has 0 amide bonds. The Kier molecular flexibility index (Phi) is 4.66. The number of aliphatic carboxylic acids is 1. The highest BCUT2D eigenvalue weighted by Crippen LogP contribution is 2.35. The monoisotopic (exact) mass is 373 g/mol. The summed E-state index contributed by atoms with van der Waals surface area (Å²) in [6, 6.07) is 0. The van der Waals surface area contributed by atoms with Crippen LogP contribution in [-0.4, -0.2) is 76.6 Å². The predicted octanol–water partition coefficient (Wildman–Crippen LogP) is -2.51. The molecule has 136 valence electrons. The van der Waals surface area contributed by atoms with E-state index in [1.54, 1.807) is 0 Å². The van der Waals surface area contributed by atoms with Crippen molar-refractivity contribution in [1.82, 2.24) is 19.5 Å². The lowest BCUT2D eigenvalue weighted by molar-refractivity contribution is -0.133. The van der Waals surface area contributed by atoms with Gasteiger partial charge < -0.3 is 30.9 Å². The molecule has 0 bridgehead atoms. The van der Waals surface area contributed by atoms with Crippen molar-refractivity contribution < 1.29 is 30.0 Å². The molecule has 0 radical (unpaired) electrons. The van der Waals surface area contributed by atoms with Gasteiger partial charge >= 0.3 is 5.97 Å². The number of carboxylic acids is 1. The van der Waals surface area contributed by atoms with E-state index in [9.17, 15) is 24.9 Å². The number of nitrogens with zero attached hydrogens (tertiary/aromatic N) is 3. The van der Waals surface area contributed by atoms with Crippen molar-refractivity contribution in [3.8, 4) is 0 Å². The van der Waals surface area contributed by atoms with Crippen LogP contribution in [0, 0.1) is 0 Å². The first kappa shape index (κ1) is 17.6. The molecule has 1 fully saturated rings. The van der Waals surface area contributed by atoms with Gasteiger partial charge in [0.1, 0.15) is 18.3 Å². The molecule has 7 N–H and O–H groups in total. The number of thioether (sulfide) groups is 1. The highest BCUT2D eigenvalue weighted by molar-refractivity contribution is 7.99. The Labute approximate surface area is 143 Å². The minimum Gasteiger partial charge on any atom is -0.481 e. The average Bonchev–Trinajstić information content (AvgIpc) is 3.04. The van der Waals surface area contributed by atoms with Crippen molar-refractivity contribution in [2.24, 2.45) is 0 Å². The quantitative estimate of drug-likeness (QED) is 0.303. The van der Waals surface area contributed by atoms with Gasteiger partial charge in [-0.15, -0.1) is 0 Å². The van der Waals surface area contributed by atoms with Gasteiger partial charge in [0.2, 0.25) is 5.95 Å². The highest BCUT2D eigenvalue weighted by Gasteiger charge is 2.45. The van der Waals surface area contributed by atoms with E-state index in [2.05, 4.69) is 15.0 Å². The fourth-order valence-electron chi connectivity index (χ4n) is 2.53. The summed E-state index contributed by atoms with van der Waals surface area (Å²) in [5, 5.41) is 38.3. The second-order valence-electron chi connectivity index (χ2n) is 5.30. The van der Waals surface area contributed by atoms with Gasteiger partial charge in [0.25, 0.3) is 5.56 Å². The predicted molar refractivity (Wildman–Crippen MR) is 83.9 cm³/mol. The smallest absolute Gasteiger partial charge is 0.313 e. The summed E-state index contributed by atoms with van der Waals surface area (Å²) in [5.41, 5.74) is 4.73. The molecule has 1 saturated heterocycles. The zero-order valence-electron chi connectivity index (χ0n) is 12.6. The van der Waals surface area contributed by atoms with Crippen molar-refractivity contribution in [3.63, 3.8) is 0 Å². The molecule has 1 aliphatic rings. The van der Waals surface area contributed by atoms with Gasteiger partial charge in [0.05, 0.1) is 12.4 Å². The van der Waals surface area contributed by atoms with Crippen LogP contribution in [-0.2, 0) is 9.53 Å². The number of nitrogens with one attached hydrogen (secondary N) is 1. The molecule has 0 spiro atoms. The highest BCUT2D eigenvalue weighted by atomic mass is 32.2. The number of nitrogens with two attached hydrogens (primary N) is 1. The number of aromatic amines is 1. The molecular weight excluding hydrogens is 358 g/mol. The Hall–Kier alpha value is -2.19. The summed E-state index contributed by atoms with van der Waals surface area (Å²) in [6.07, 6.45) is -5.14. The molecule has 0 aromatic carbocycles. The van der Waals surface area contributed by atoms with E-state index in [1.807, 2.05) is 0 Å². The molecule has 3 heterocycles. The third-order valence-corrected chi connectivity index (χ3v) is 4.57. The molecule has 13 heteroatoms. The van der Waals surface area contributed by atoms with Crippen LogP contribution in [0.5, 0.6) is 0 Å². The van der Waals surface area contributed by atoms with Gasteiger partial charge in [0.15, 0.2) is 22.5 Å². The van der Waals surface area contributed by atoms with Crippen molar-refractivity contribution in [1.29, 1.82) is 0 Å². The standard InChI is InChI=1S/C12H15N5O7S/c13-11-15-8-5(9(23)16-11)14-12(25-2-4(19)20)17(8)10-7(22)6(21)3(1-18)24-10/h3,6-7,10,18,21-22H,1-2H2,(H,19,20)(H3,13,15,16,23)/t3-,6+,7+,10-/m1/s1. The topological polar surface area (TPSA) is 197 Å². The number of anilines is 1. The Morgan fingerprint density at radius 1 is 1.36 bits per heavy atom. The minimum atomic E-state index is -1.46. The van der Waals surface area contributed by atoms with Crippen molar-refractivity contribution >= 4 is 34.8 Å². The van der Waals surface area contributed by atoms with Gasteiger partial charge in [-0.1, -0.05) is 11.8 Å². The molecule has 4 atom stereocenters. The van der Waals surface area contributed by atoms with Gasteiger partial charge in [-0.3, -0.25) is 19.1 Å². The van der Waals surface area contributed by atoms with Gasteiger partial charge in [-0.25, -0.2) is 4.98 Å². The maximum Gasteiger partial charge on any atom is 0.313 e. The molecule has 1 aliphatic heterocycles. The zero-order chi connectivity index (χ0) is 18.3. The molecule has 0 saturated carbocycles. The Morgan fingerprint density at radius 2 is 2.08 bits per heavy atom. The number of nitrogen functional groups attached to an aromatic ring is 1. The van der Waals surface area contributed by atoms with Crippen molar-refractivity contribution in [2.75, 3.05) is 18.1 Å². The number of ether oxygens (including phenoxy) is 1. The lowest BCUT2D eigenvalue weighted by Gasteiger charge is -2.18. The number of aliphatic hydroxyl groups is 3. The lowest BCUT2D eigenvalue weighted by Crippen LogP contribution is -2.33. The number of H-pyrrole nitrogens is 1. The third kappa shape index (κ3) is 3.07. The summed E-state index contributed by atoms with van der Waals surface area (Å²) in [4.78, 5) is 33.1. The summed E-state index contributed by atoms with van der Waals surface area (Å²) >= 11 is 0.778. The van der Waals surface area contributed by atoms with E-state index in [1.165, 1.54) is 4.57 Å². The Morgan fingerprint density at radius 3 is 2.68 bits per heavy atom. The van der Waals surface area contributed by atoms with Gasteiger partial charge in [-0.2, -0.15) is 4.98 Å². The molecule has 2 aromatic rings. The van der Waals surface area contributed by atoms with Crippen LogP contribution in [0.3, 0.4) is 0 Å². The minimum absolute atomic E-state index is 0.0378. The maximum absolute atomic E-state index is 12.0. The van der Waals surface area contributed by atoms with Crippen LogP contribution < -0.4 is 11.3 Å². The first-order chi connectivity index (χ1) is 11.8. The van der Waals surface area contributed by atoms with E-state index in [4.69, 9.17) is 15.6 Å². The van der Waals surface area contributed by atoms with Gasteiger partial charge in [-0.05, 0) is 0 Å². The van der Waals surface area contributed by atoms with Crippen molar-refractivity contribution in [2.45, 2.75) is 29.7 Å². The third-order valence-electron chi connectivity index (χ3n) is 3.63. The zero-order valence-corrected chi connectivity index (χ0v) is 13.4. The van der Waals surface area contributed by atoms with E-state index in [0.717, 1.165) is 11.8 Å². The summed E-state index contributed by atoms with van der Waals surface area (Å²) in [5.74, 6) is -1.70. The number of fused-ring (bicyclic) bond motifs is 1. The molecule has 12 nitrogen and oxygen atoms in total. The lowest BCUT2D eigenvalue weighted by atomic mass is 10.1. The molecular formula is C12H15N5O7S. The maximum atomic E-state index is 12.0. The molecule has 25 heavy (non-hydrogen) atoms. The van der Waals surface area contributed by atoms with Crippen LogP contribution >= 0.6 is 11.8 Å². The molecule has 0 aliphatic carbocycles. The van der Waals surface area contributed by atoms with E-state index < -0.39 is 42.7 Å². The van der Waals surface area contributed by atoms with Crippen LogP contribution in [0.1, 0.15) is 6.23 Å². The fourth-order valence-corrected chi connectivity index (χ4v) is 3.27. The molecule has 2 aromatic heterocycles.